The van der Waals surface area contributed by atoms with Crippen molar-refractivity contribution in [2.45, 2.75) is 17.9 Å². The molecule has 0 aliphatic carbocycles. The summed E-state index contributed by atoms with van der Waals surface area (Å²) >= 11 is 6.01. The van der Waals surface area contributed by atoms with E-state index in [2.05, 4.69) is 10.6 Å². The second kappa shape index (κ2) is 5.24. The van der Waals surface area contributed by atoms with E-state index in [0.29, 0.717) is 18.0 Å². The Labute approximate surface area is 127 Å². The molecule has 2 heterocycles. The minimum atomic E-state index is -0.723. The number of hydrogen-bond acceptors (Lipinski definition) is 4. The Morgan fingerprint density at radius 3 is 2.95 bits per heavy atom. The second-order valence-electron chi connectivity index (χ2n) is 4.89. The molecule has 108 valence electrons. The molecule has 0 radical (unpaired) electrons. The molecule has 20 heavy (non-hydrogen) atoms. The minimum Gasteiger partial charge on any atom is -0.468 e. The van der Waals surface area contributed by atoms with Crippen LogP contribution in [0.5, 0.6) is 0 Å². The molecule has 0 bridgehead atoms. The van der Waals surface area contributed by atoms with Crippen molar-refractivity contribution in [2.24, 2.45) is 0 Å². The average Bonchev–Trinajstić information content (AvgIpc) is 2.95. The van der Waals surface area contributed by atoms with E-state index in [9.17, 15) is 9.59 Å². The summed E-state index contributed by atoms with van der Waals surface area (Å²) < 4.78 is 4.72. The summed E-state index contributed by atoms with van der Waals surface area (Å²) in [5, 5.41) is 6.48. The van der Waals surface area contributed by atoms with Crippen LogP contribution in [0.2, 0.25) is 5.02 Å². The molecule has 1 spiro atoms. The van der Waals surface area contributed by atoms with Crippen molar-refractivity contribution < 1.29 is 14.3 Å². The first kappa shape index (κ1) is 15.1. The van der Waals surface area contributed by atoms with Crippen molar-refractivity contribution in [3.63, 3.8) is 0 Å². The number of ether oxygens (including phenoxy) is 1. The zero-order valence-corrected chi connectivity index (χ0v) is 12.3. The zero-order valence-electron chi connectivity index (χ0n) is 10.7. The van der Waals surface area contributed by atoms with E-state index in [4.69, 9.17) is 16.3 Å². The Bertz CT molecular complexity index is 579. The Morgan fingerprint density at radius 2 is 2.25 bits per heavy atom. The Balaban J connectivity index is 0.00000147. The highest BCUT2D eigenvalue weighted by Crippen LogP contribution is 2.44. The molecule has 1 saturated heterocycles. The van der Waals surface area contributed by atoms with Crippen LogP contribution >= 0.6 is 24.0 Å². The normalized spacial score (nSPS) is 26.9. The molecule has 0 saturated carbocycles. The van der Waals surface area contributed by atoms with Crippen LogP contribution < -0.4 is 10.6 Å². The van der Waals surface area contributed by atoms with Crippen molar-refractivity contribution in [1.82, 2.24) is 5.32 Å². The lowest BCUT2D eigenvalue weighted by molar-refractivity contribution is -0.142. The van der Waals surface area contributed by atoms with Gasteiger partial charge in [-0.05, 0) is 30.2 Å². The van der Waals surface area contributed by atoms with Crippen LogP contribution in [-0.4, -0.2) is 31.6 Å². The number of nitrogens with one attached hydrogen (secondary N) is 2. The van der Waals surface area contributed by atoms with E-state index in [0.717, 1.165) is 11.3 Å². The fourth-order valence-corrected chi connectivity index (χ4v) is 3.04. The summed E-state index contributed by atoms with van der Waals surface area (Å²) in [6, 6.07) is 4.85. The molecule has 1 aromatic rings. The van der Waals surface area contributed by atoms with E-state index in [1.165, 1.54) is 7.11 Å². The van der Waals surface area contributed by atoms with Gasteiger partial charge < -0.3 is 15.4 Å². The lowest BCUT2D eigenvalue weighted by atomic mass is 9.79. The lowest BCUT2D eigenvalue weighted by Crippen LogP contribution is -2.36. The van der Waals surface area contributed by atoms with Crippen LogP contribution in [0.15, 0.2) is 18.2 Å². The highest BCUT2D eigenvalue weighted by atomic mass is 35.5. The van der Waals surface area contributed by atoms with Gasteiger partial charge in [-0.2, -0.15) is 0 Å². The van der Waals surface area contributed by atoms with E-state index >= 15 is 0 Å². The van der Waals surface area contributed by atoms with Gasteiger partial charge in [0.25, 0.3) is 0 Å². The maximum Gasteiger partial charge on any atom is 0.322 e. The number of fused-ring (bicyclic) bond motifs is 2. The Hall–Kier alpha value is -1.30. The predicted octanol–water partition coefficient (Wildman–Crippen LogP) is 1.49. The van der Waals surface area contributed by atoms with Gasteiger partial charge in [-0.15, -0.1) is 12.4 Å². The van der Waals surface area contributed by atoms with Crippen molar-refractivity contribution >= 4 is 41.6 Å². The molecule has 2 aliphatic heterocycles. The number of esters is 1. The molecule has 0 aromatic heterocycles. The molecular formula is C13H14Cl2N2O3. The molecule has 2 N–H and O–H groups in total. The molecule has 2 atom stereocenters. The average molecular weight is 317 g/mol. The summed E-state index contributed by atoms with van der Waals surface area (Å²) in [7, 11) is 1.34. The van der Waals surface area contributed by atoms with Gasteiger partial charge in [0.05, 0.1) is 12.5 Å². The van der Waals surface area contributed by atoms with Gasteiger partial charge in [0.1, 0.15) is 6.04 Å². The number of carbonyl (C=O) groups excluding carboxylic acids is 2. The van der Waals surface area contributed by atoms with Gasteiger partial charge >= 0.3 is 5.97 Å². The maximum atomic E-state index is 12.3. The predicted molar refractivity (Wildman–Crippen MR) is 77.4 cm³/mol. The molecule has 5 nitrogen and oxygen atoms in total. The monoisotopic (exact) mass is 316 g/mol. The van der Waals surface area contributed by atoms with E-state index in [1.54, 1.807) is 18.2 Å². The van der Waals surface area contributed by atoms with Crippen LogP contribution in [0.3, 0.4) is 0 Å². The molecule has 1 fully saturated rings. The summed E-state index contributed by atoms with van der Waals surface area (Å²) in [6.07, 6.45) is 0.388. The Morgan fingerprint density at radius 1 is 1.50 bits per heavy atom. The van der Waals surface area contributed by atoms with Gasteiger partial charge in [0.15, 0.2) is 0 Å². The van der Waals surface area contributed by atoms with Crippen LogP contribution in [0.1, 0.15) is 12.0 Å². The SMILES string of the molecule is COC(=O)[C@@H]1C[C@@]2(CN1)C(=O)Nc1ccc(Cl)cc12.Cl. The number of benzene rings is 1. The van der Waals surface area contributed by atoms with Crippen molar-refractivity contribution in [2.75, 3.05) is 19.0 Å². The number of anilines is 1. The Kier molecular flexibility index (Phi) is 3.95. The lowest BCUT2D eigenvalue weighted by Gasteiger charge is -2.20. The second-order valence-corrected chi connectivity index (χ2v) is 5.32. The first-order chi connectivity index (χ1) is 9.06. The fourth-order valence-electron chi connectivity index (χ4n) is 2.86. The molecule has 3 rings (SSSR count). The third-order valence-corrected chi connectivity index (χ3v) is 4.10. The van der Waals surface area contributed by atoms with Crippen molar-refractivity contribution in [3.8, 4) is 0 Å². The molecule has 7 heteroatoms. The highest BCUT2D eigenvalue weighted by molar-refractivity contribution is 6.31. The number of amides is 1. The van der Waals surface area contributed by atoms with E-state index in [-0.39, 0.29) is 24.3 Å². The zero-order chi connectivity index (χ0) is 13.6. The van der Waals surface area contributed by atoms with Gasteiger partial charge in [0.2, 0.25) is 5.91 Å². The summed E-state index contributed by atoms with van der Waals surface area (Å²) in [4.78, 5) is 23.9. The number of hydrogen-bond donors (Lipinski definition) is 2. The van der Waals surface area contributed by atoms with Gasteiger partial charge in [-0.25, -0.2) is 0 Å². The van der Waals surface area contributed by atoms with Crippen molar-refractivity contribution in [1.29, 1.82) is 0 Å². The quantitative estimate of drug-likeness (QED) is 0.770. The highest BCUT2D eigenvalue weighted by Gasteiger charge is 2.53. The number of halogens is 2. The summed E-state index contributed by atoms with van der Waals surface area (Å²) in [5.74, 6) is -0.441. The van der Waals surface area contributed by atoms with Crippen LogP contribution in [0.4, 0.5) is 5.69 Å². The van der Waals surface area contributed by atoms with Crippen molar-refractivity contribution in [3.05, 3.63) is 28.8 Å². The third kappa shape index (κ3) is 2.06. The van der Waals surface area contributed by atoms with Crippen LogP contribution in [0.25, 0.3) is 0 Å². The standard InChI is InChI=1S/C13H13ClN2O3.ClH/c1-19-11(17)10-5-13(6-15-10)8-4-7(14)2-3-9(8)16-12(13)18;/h2-4,10,15H,5-6H2,1H3,(H,16,18);1H/t10-,13-;/m0./s1. The fraction of sp³-hybridized carbons (Fsp3) is 0.385. The van der Waals surface area contributed by atoms with Crippen LogP contribution in [-0.2, 0) is 19.7 Å². The van der Waals surface area contributed by atoms with E-state index in [1.807, 2.05) is 0 Å². The van der Waals surface area contributed by atoms with Gasteiger partial charge in [-0.1, -0.05) is 11.6 Å². The molecule has 2 aliphatic rings. The minimum absolute atomic E-state index is 0. The maximum absolute atomic E-state index is 12.3. The van der Waals surface area contributed by atoms with Gasteiger partial charge in [-0.3, -0.25) is 9.59 Å². The van der Waals surface area contributed by atoms with E-state index < -0.39 is 11.5 Å². The first-order valence-electron chi connectivity index (χ1n) is 5.99. The third-order valence-electron chi connectivity index (χ3n) is 3.87. The largest absolute Gasteiger partial charge is 0.468 e. The summed E-state index contributed by atoms with van der Waals surface area (Å²) in [5.41, 5.74) is 0.893. The molecule has 1 amide bonds. The molecular weight excluding hydrogens is 303 g/mol. The van der Waals surface area contributed by atoms with Crippen LogP contribution in [0, 0.1) is 0 Å². The first-order valence-corrected chi connectivity index (χ1v) is 6.37. The van der Waals surface area contributed by atoms with Gasteiger partial charge in [0, 0.05) is 17.3 Å². The number of methoxy groups -OCH3 is 1. The number of carbonyl (C=O) groups is 2. The summed E-state index contributed by atoms with van der Waals surface area (Å²) in [6.45, 7) is 0.409. The molecule has 1 aromatic carbocycles. The number of rotatable bonds is 1. The molecule has 0 unspecified atom stereocenters. The topological polar surface area (TPSA) is 67.4 Å². The smallest absolute Gasteiger partial charge is 0.322 e.